The highest BCUT2D eigenvalue weighted by Crippen LogP contribution is 2.30. The maximum Gasteiger partial charge on any atom is 0.416 e. The number of carbonyl (C=O) groups is 1. The molecule has 0 unspecified atom stereocenters. The minimum Gasteiger partial charge on any atom is -0.319 e. The van der Waals surface area contributed by atoms with Gasteiger partial charge in [-0.1, -0.05) is 12.1 Å². The first-order valence-corrected chi connectivity index (χ1v) is 8.02. The largest absolute Gasteiger partial charge is 0.416 e. The number of halogens is 3. The maximum atomic E-state index is 12.8. The highest BCUT2D eigenvalue weighted by Gasteiger charge is 2.30. The summed E-state index contributed by atoms with van der Waals surface area (Å²) in [7, 11) is 3.76. The summed E-state index contributed by atoms with van der Waals surface area (Å²) in [5.41, 5.74) is 0.138. The summed E-state index contributed by atoms with van der Waals surface area (Å²) in [6.45, 7) is 1.36. The first-order chi connectivity index (χ1) is 12.3. The fraction of sp³-hybridized carbons (Fsp3) is 0.333. The number of amides is 2. The smallest absolute Gasteiger partial charge is 0.319 e. The summed E-state index contributed by atoms with van der Waals surface area (Å²) < 4.78 is 38.5. The lowest BCUT2D eigenvalue weighted by molar-refractivity contribution is -0.137. The number of pyridine rings is 1. The number of nitrogens with one attached hydrogen (secondary N) is 1. The lowest BCUT2D eigenvalue weighted by atomic mass is 10.2. The Morgan fingerprint density at radius 1 is 1.15 bits per heavy atom. The monoisotopic (exact) mass is 366 g/mol. The average Bonchev–Trinajstić information content (AvgIpc) is 2.58. The van der Waals surface area contributed by atoms with Crippen molar-refractivity contribution in [3.63, 3.8) is 0 Å². The molecule has 0 aliphatic rings. The van der Waals surface area contributed by atoms with E-state index in [1.807, 2.05) is 25.1 Å². The van der Waals surface area contributed by atoms with E-state index in [0.29, 0.717) is 19.6 Å². The van der Waals surface area contributed by atoms with E-state index in [-0.39, 0.29) is 5.69 Å². The fourth-order valence-corrected chi connectivity index (χ4v) is 2.26. The van der Waals surface area contributed by atoms with Crippen LogP contribution < -0.4 is 5.32 Å². The Kier molecular flexibility index (Phi) is 6.57. The number of alkyl halides is 3. The van der Waals surface area contributed by atoms with Gasteiger partial charge in [-0.25, -0.2) is 4.79 Å². The number of hydrogen-bond donors (Lipinski definition) is 1. The van der Waals surface area contributed by atoms with E-state index in [2.05, 4.69) is 10.3 Å². The molecular formula is C18H21F3N4O. The van der Waals surface area contributed by atoms with E-state index in [0.717, 1.165) is 17.7 Å². The van der Waals surface area contributed by atoms with Crippen molar-refractivity contribution >= 4 is 11.7 Å². The van der Waals surface area contributed by atoms with Crippen molar-refractivity contribution in [1.82, 2.24) is 14.8 Å². The van der Waals surface area contributed by atoms with Crippen molar-refractivity contribution in [1.29, 1.82) is 0 Å². The topological polar surface area (TPSA) is 48.5 Å². The van der Waals surface area contributed by atoms with E-state index in [4.69, 9.17) is 0 Å². The molecule has 5 nitrogen and oxygen atoms in total. The summed E-state index contributed by atoms with van der Waals surface area (Å²) in [6.07, 6.45) is -1.17. The number of benzene rings is 1. The number of aromatic nitrogens is 1. The molecule has 2 rings (SSSR count). The summed E-state index contributed by atoms with van der Waals surface area (Å²) >= 11 is 0. The van der Waals surface area contributed by atoms with Crippen LogP contribution in [-0.2, 0) is 12.7 Å². The number of urea groups is 1. The van der Waals surface area contributed by atoms with Crippen LogP contribution in [0.4, 0.5) is 23.7 Å². The highest BCUT2D eigenvalue weighted by molar-refractivity contribution is 5.89. The van der Waals surface area contributed by atoms with Gasteiger partial charge < -0.3 is 15.1 Å². The molecule has 0 bridgehead atoms. The molecule has 0 fully saturated rings. The number of anilines is 1. The third kappa shape index (κ3) is 6.03. The van der Waals surface area contributed by atoms with Crippen molar-refractivity contribution < 1.29 is 18.0 Å². The zero-order chi connectivity index (χ0) is 19.2. The van der Waals surface area contributed by atoms with E-state index in [1.54, 1.807) is 18.5 Å². The molecular weight excluding hydrogens is 345 g/mol. The molecule has 1 aromatic heterocycles. The molecule has 0 radical (unpaired) electrons. The van der Waals surface area contributed by atoms with Crippen LogP contribution >= 0.6 is 0 Å². The van der Waals surface area contributed by atoms with Crippen molar-refractivity contribution in [2.24, 2.45) is 0 Å². The molecule has 2 aromatic rings. The Morgan fingerprint density at radius 3 is 2.54 bits per heavy atom. The first kappa shape index (κ1) is 19.7. The molecule has 0 atom stereocenters. The van der Waals surface area contributed by atoms with Gasteiger partial charge >= 0.3 is 12.2 Å². The quantitative estimate of drug-likeness (QED) is 0.848. The highest BCUT2D eigenvalue weighted by atomic mass is 19.4. The number of likely N-dealkylation sites (N-methyl/N-ethyl adjacent to an activating group) is 1. The van der Waals surface area contributed by atoms with Crippen LogP contribution in [0.25, 0.3) is 0 Å². The van der Waals surface area contributed by atoms with Gasteiger partial charge in [-0.3, -0.25) is 4.98 Å². The number of carbonyl (C=O) groups excluding carboxylic acids is 1. The van der Waals surface area contributed by atoms with E-state index in [9.17, 15) is 18.0 Å². The zero-order valence-electron chi connectivity index (χ0n) is 14.6. The van der Waals surface area contributed by atoms with Crippen molar-refractivity contribution in [2.75, 3.05) is 32.5 Å². The van der Waals surface area contributed by atoms with Crippen molar-refractivity contribution in [3.8, 4) is 0 Å². The minimum atomic E-state index is -4.46. The standard InChI is InChI=1S/C18H21F3N4O/c1-24(2)9-10-25(13-14-5-4-8-22-12-14)17(26)23-16-7-3-6-15(11-16)18(19,20)21/h3-8,11-12H,9-10,13H2,1-2H3,(H,23,26). The van der Waals surface area contributed by atoms with Crippen LogP contribution in [0.15, 0.2) is 48.8 Å². The van der Waals surface area contributed by atoms with Gasteiger partial charge in [-0.2, -0.15) is 13.2 Å². The Morgan fingerprint density at radius 2 is 1.92 bits per heavy atom. The van der Waals surface area contributed by atoms with Crippen LogP contribution in [0, 0.1) is 0 Å². The molecule has 1 aromatic carbocycles. The Labute approximate surface area is 150 Å². The molecule has 1 N–H and O–H groups in total. The first-order valence-electron chi connectivity index (χ1n) is 8.02. The molecule has 0 aliphatic heterocycles. The van der Waals surface area contributed by atoms with Gasteiger partial charge in [-0.05, 0) is 43.9 Å². The van der Waals surface area contributed by atoms with Gasteiger partial charge in [0.25, 0.3) is 0 Å². The minimum absolute atomic E-state index is 0.103. The van der Waals surface area contributed by atoms with E-state index in [1.165, 1.54) is 17.0 Å². The Hall–Kier alpha value is -2.61. The van der Waals surface area contributed by atoms with Crippen LogP contribution in [0.2, 0.25) is 0 Å². The van der Waals surface area contributed by atoms with Gasteiger partial charge in [0.2, 0.25) is 0 Å². The number of rotatable bonds is 6. The SMILES string of the molecule is CN(C)CCN(Cc1cccnc1)C(=O)Nc1cccc(C(F)(F)F)c1. The van der Waals surface area contributed by atoms with E-state index >= 15 is 0 Å². The predicted molar refractivity (Wildman–Crippen MR) is 93.7 cm³/mol. The maximum absolute atomic E-state index is 12.8. The second kappa shape index (κ2) is 8.66. The van der Waals surface area contributed by atoms with Gasteiger partial charge in [0.05, 0.1) is 5.56 Å². The third-order valence-corrected chi connectivity index (χ3v) is 3.64. The van der Waals surface area contributed by atoms with Gasteiger partial charge in [0.15, 0.2) is 0 Å². The molecule has 26 heavy (non-hydrogen) atoms. The Balaban J connectivity index is 2.12. The van der Waals surface area contributed by atoms with Crippen molar-refractivity contribution in [3.05, 3.63) is 59.9 Å². The zero-order valence-corrected chi connectivity index (χ0v) is 14.6. The molecule has 1 heterocycles. The summed E-state index contributed by atoms with van der Waals surface area (Å²) in [4.78, 5) is 20.1. The third-order valence-electron chi connectivity index (χ3n) is 3.64. The number of nitrogens with zero attached hydrogens (tertiary/aromatic N) is 3. The summed E-state index contributed by atoms with van der Waals surface area (Å²) in [5.74, 6) is 0. The molecule has 0 saturated heterocycles. The van der Waals surface area contributed by atoms with Gasteiger partial charge in [-0.15, -0.1) is 0 Å². The predicted octanol–water partition coefficient (Wildman–Crippen LogP) is 3.70. The lowest BCUT2D eigenvalue weighted by Crippen LogP contribution is -2.39. The van der Waals surface area contributed by atoms with Crippen LogP contribution in [-0.4, -0.2) is 48.0 Å². The number of hydrogen-bond acceptors (Lipinski definition) is 3. The normalized spacial score (nSPS) is 11.5. The van der Waals surface area contributed by atoms with Gasteiger partial charge in [0, 0.05) is 37.7 Å². The second-order valence-electron chi connectivity index (χ2n) is 6.09. The van der Waals surface area contributed by atoms with Crippen LogP contribution in [0.3, 0.4) is 0 Å². The molecule has 8 heteroatoms. The van der Waals surface area contributed by atoms with Crippen molar-refractivity contribution in [2.45, 2.75) is 12.7 Å². The van der Waals surface area contributed by atoms with E-state index < -0.39 is 17.8 Å². The molecule has 0 aliphatic carbocycles. The second-order valence-corrected chi connectivity index (χ2v) is 6.09. The fourth-order valence-electron chi connectivity index (χ4n) is 2.26. The lowest BCUT2D eigenvalue weighted by Gasteiger charge is -2.25. The molecule has 0 spiro atoms. The Bertz CT molecular complexity index is 720. The summed E-state index contributed by atoms with van der Waals surface area (Å²) in [6, 6.07) is 7.74. The van der Waals surface area contributed by atoms with Crippen LogP contribution in [0.1, 0.15) is 11.1 Å². The van der Waals surface area contributed by atoms with Gasteiger partial charge in [0.1, 0.15) is 0 Å². The molecule has 0 saturated carbocycles. The van der Waals surface area contributed by atoms with Crippen LogP contribution in [0.5, 0.6) is 0 Å². The summed E-state index contributed by atoms with van der Waals surface area (Å²) in [5, 5.41) is 2.55. The average molecular weight is 366 g/mol. The molecule has 140 valence electrons. The molecule has 2 amide bonds.